The number of nitrogens with zero attached hydrogens (tertiary/aromatic N) is 1. The quantitative estimate of drug-likeness (QED) is 0.830. The molecule has 1 saturated heterocycles. The second-order valence-corrected chi connectivity index (χ2v) is 7.59. The first-order chi connectivity index (χ1) is 9.99. The van der Waals surface area contributed by atoms with Gasteiger partial charge in [0.25, 0.3) is 0 Å². The molecule has 2 aliphatic heterocycles. The molecule has 1 spiro atoms. The maximum absolute atomic E-state index is 10.6. The number of benzene rings is 1. The van der Waals surface area contributed by atoms with Crippen LogP contribution in [0.1, 0.15) is 51.2 Å². The molecule has 2 atom stereocenters. The molecule has 1 aromatic carbocycles. The summed E-state index contributed by atoms with van der Waals surface area (Å²) >= 11 is 3.47. The molecule has 21 heavy (non-hydrogen) atoms. The summed E-state index contributed by atoms with van der Waals surface area (Å²) in [5, 5.41) is 10.6. The lowest BCUT2D eigenvalue weighted by atomic mass is 9.83. The molecule has 1 aromatic rings. The number of likely N-dealkylation sites (tertiary alicyclic amines) is 1. The summed E-state index contributed by atoms with van der Waals surface area (Å²) in [6, 6.07) is 6.53. The summed E-state index contributed by atoms with van der Waals surface area (Å²) in [7, 11) is 0. The fraction of sp³-hybridized carbons (Fsp3) is 0.647. The van der Waals surface area contributed by atoms with E-state index < -0.39 is 6.10 Å². The Bertz CT molecular complexity index is 520. The van der Waals surface area contributed by atoms with Crippen LogP contribution in [-0.2, 0) is 0 Å². The van der Waals surface area contributed by atoms with Gasteiger partial charge in [-0.05, 0) is 57.9 Å². The molecule has 1 N–H and O–H groups in total. The summed E-state index contributed by atoms with van der Waals surface area (Å²) in [5.41, 5.74) is 0.726. The molecule has 2 aliphatic rings. The lowest BCUT2D eigenvalue weighted by Gasteiger charge is -2.40. The zero-order chi connectivity index (χ0) is 15.0. The van der Waals surface area contributed by atoms with Crippen molar-refractivity contribution in [2.24, 2.45) is 0 Å². The van der Waals surface area contributed by atoms with E-state index in [2.05, 4.69) is 34.7 Å². The smallest absolute Gasteiger partial charge is 0.126 e. The lowest BCUT2D eigenvalue weighted by Crippen LogP contribution is -2.42. The minimum atomic E-state index is -0.420. The first kappa shape index (κ1) is 15.3. The second kappa shape index (κ2) is 5.90. The Balaban J connectivity index is 1.82. The summed E-state index contributed by atoms with van der Waals surface area (Å²) in [6.07, 6.45) is 3.46. The second-order valence-electron chi connectivity index (χ2n) is 6.67. The van der Waals surface area contributed by atoms with Gasteiger partial charge in [0.1, 0.15) is 11.4 Å². The van der Waals surface area contributed by atoms with Gasteiger partial charge in [0, 0.05) is 29.0 Å². The van der Waals surface area contributed by atoms with Gasteiger partial charge in [0.05, 0.1) is 6.10 Å². The topological polar surface area (TPSA) is 32.7 Å². The highest BCUT2D eigenvalue weighted by Gasteiger charge is 2.41. The molecule has 0 radical (unpaired) electrons. The standard InChI is InChI=1S/C17H24BrNO2/c1-12(2)19-8-3-6-17(7-9-19)11-15(20)14-10-13(18)4-5-16(14)21-17/h4-5,10,12,15,20H,3,6-9,11H2,1-2H3/t15-,17?/m0/s1. The molecular formula is C17H24BrNO2. The third-order valence-corrected chi connectivity index (χ3v) is 5.38. The van der Waals surface area contributed by atoms with E-state index in [-0.39, 0.29) is 5.60 Å². The zero-order valence-electron chi connectivity index (χ0n) is 12.8. The largest absolute Gasteiger partial charge is 0.487 e. The van der Waals surface area contributed by atoms with Gasteiger partial charge in [-0.25, -0.2) is 0 Å². The van der Waals surface area contributed by atoms with Gasteiger partial charge in [-0.1, -0.05) is 15.9 Å². The molecule has 0 saturated carbocycles. The third kappa shape index (κ3) is 3.13. The van der Waals surface area contributed by atoms with E-state index in [9.17, 15) is 5.11 Å². The number of halogens is 1. The van der Waals surface area contributed by atoms with Gasteiger partial charge in [-0.15, -0.1) is 0 Å². The van der Waals surface area contributed by atoms with Crippen molar-refractivity contribution in [3.8, 4) is 5.75 Å². The Morgan fingerprint density at radius 1 is 1.33 bits per heavy atom. The molecule has 3 rings (SSSR count). The van der Waals surface area contributed by atoms with Crippen LogP contribution in [-0.4, -0.2) is 34.7 Å². The SMILES string of the molecule is CC(C)N1CCCC2(CC1)C[C@H](O)c1cc(Br)ccc1O2. The minimum absolute atomic E-state index is 0.191. The average Bonchev–Trinajstić information content (AvgIpc) is 2.63. The highest BCUT2D eigenvalue weighted by molar-refractivity contribution is 9.10. The number of ether oxygens (including phenoxy) is 1. The van der Waals surface area contributed by atoms with Crippen LogP contribution in [0.5, 0.6) is 5.75 Å². The Kier molecular flexibility index (Phi) is 4.30. The summed E-state index contributed by atoms with van der Waals surface area (Å²) in [6.45, 7) is 6.69. The molecule has 116 valence electrons. The van der Waals surface area contributed by atoms with Crippen LogP contribution in [0.15, 0.2) is 22.7 Å². The van der Waals surface area contributed by atoms with Gasteiger partial charge in [0.15, 0.2) is 0 Å². The highest BCUT2D eigenvalue weighted by atomic mass is 79.9. The van der Waals surface area contributed by atoms with Crippen molar-refractivity contribution in [2.45, 2.75) is 57.3 Å². The van der Waals surface area contributed by atoms with Gasteiger partial charge in [-0.2, -0.15) is 0 Å². The van der Waals surface area contributed by atoms with E-state index in [4.69, 9.17) is 4.74 Å². The Morgan fingerprint density at radius 3 is 2.90 bits per heavy atom. The van der Waals surface area contributed by atoms with E-state index >= 15 is 0 Å². The van der Waals surface area contributed by atoms with Crippen LogP contribution in [0.4, 0.5) is 0 Å². The number of fused-ring (bicyclic) bond motifs is 1. The van der Waals surface area contributed by atoms with Crippen molar-refractivity contribution in [1.82, 2.24) is 4.90 Å². The predicted octanol–water partition coefficient (Wildman–Crippen LogP) is 3.90. The molecule has 0 amide bonds. The predicted molar refractivity (Wildman–Crippen MR) is 87.6 cm³/mol. The highest BCUT2D eigenvalue weighted by Crippen LogP contribution is 2.45. The van der Waals surface area contributed by atoms with Gasteiger partial charge >= 0.3 is 0 Å². The van der Waals surface area contributed by atoms with E-state index in [1.807, 2.05) is 18.2 Å². The number of aliphatic hydroxyl groups excluding tert-OH is 1. The molecular weight excluding hydrogens is 330 g/mol. The van der Waals surface area contributed by atoms with E-state index in [1.165, 1.54) is 0 Å². The van der Waals surface area contributed by atoms with Crippen LogP contribution >= 0.6 is 15.9 Å². The monoisotopic (exact) mass is 353 g/mol. The van der Waals surface area contributed by atoms with Crippen molar-refractivity contribution in [2.75, 3.05) is 13.1 Å². The molecule has 3 nitrogen and oxygen atoms in total. The fourth-order valence-corrected chi connectivity index (χ4v) is 4.00. The zero-order valence-corrected chi connectivity index (χ0v) is 14.4. The molecule has 2 heterocycles. The van der Waals surface area contributed by atoms with Crippen molar-refractivity contribution in [3.05, 3.63) is 28.2 Å². The molecule has 0 aliphatic carbocycles. The van der Waals surface area contributed by atoms with E-state index in [0.717, 1.165) is 48.1 Å². The number of hydrogen-bond acceptors (Lipinski definition) is 3. The third-order valence-electron chi connectivity index (χ3n) is 4.89. The molecule has 0 bridgehead atoms. The van der Waals surface area contributed by atoms with Crippen LogP contribution < -0.4 is 4.74 Å². The van der Waals surface area contributed by atoms with Gasteiger partial charge in [0.2, 0.25) is 0 Å². The Morgan fingerprint density at radius 2 is 2.14 bits per heavy atom. The van der Waals surface area contributed by atoms with Crippen molar-refractivity contribution in [1.29, 1.82) is 0 Å². The first-order valence-corrected chi connectivity index (χ1v) is 8.69. The normalized spacial score (nSPS) is 30.0. The number of aliphatic hydroxyl groups is 1. The van der Waals surface area contributed by atoms with Crippen LogP contribution in [0.3, 0.4) is 0 Å². The summed E-state index contributed by atoms with van der Waals surface area (Å²) < 4.78 is 7.38. The fourth-order valence-electron chi connectivity index (χ4n) is 3.62. The number of rotatable bonds is 1. The van der Waals surface area contributed by atoms with Crippen molar-refractivity contribution < 1.29 is 9.84 Å². The number of hydrogen-bond donors (Lipinski definition) is 1. The minimum Gasteiger partial charge on any atom is -0.487 e. The van der Waals surface area contributed by atoms with Crippen molar-refractivity contribution >= 4 is 15.9 Å². The van der Waals surface area contributed by atoms with Gasteiger partial charge < -0.3 is 14.7 Å². The maximum atomic E-state index is 10.6. The average molecular weight is 354 g/mol. The van der Waals surface area contributed by atoms with Crippen LogP contribution in [0.2, 0.25) is 0 Å². The van der Waals surface area contributed by atoms with E-state index in [1.54, 1.807) is 0 Å². The maximum Gasteiger partial charge on any atom is 0.126 e. The van der Waals surface area contributed by atoms with Crippen LogP contribution in [0, 0.1) is 0 Å². The molecule has 0 aromatic heterocycles. The summed E-state index contributed by atoms with van der Waals surface area (Å²) in [5.74, 6) is 0.856. The molecule has 4 heteroatoms. The van der Waals surface area contributed by atoms with Gasteiger partial charge in [-0.3, -0.25) is 0 Å². The van der Waals surface area contributed by atoms with E-state index in [0.29, 0.717) is 12.5 Å². The summed E-state index contributed by atoms with van der Waals surface area (Å²) in [4.78, 5) is 2.52. The first-order valence-electron chi connectivity index (χ1n) is 7.90. The Hall–Kier alpha value is -0.580. The lowest BCUT2D eigenvalue weighted by molar-refractivity contribution is -0.0243. The molecule has 1 unspecified atom stereocenters. The Labute approximate surface area is 135 Å². The van der Waals surface area contributed by atoms with Crippen molar-refractivity contribution in [3.63, 3.8) is 0 Å². The molecule has 1 fully saturated rings. The van der Waals surface area contributed by atoms with Crippen LogP contribution in [0.25, 0.3) is 0 Å².